The Labute approximate surface area is 116 Å². The fourth-order valence-corrected chi connectivity index (χ4v) is 2.41. The van der Waals surface area contributed by atoms with Crippen molar-refractivity contribution in [2.75, 3.05) is 6.54 Å². The Morgan fingerprint density at radius 1 is 1.32 bits per heavy atom. The molecule has 1 unspecified atom stereocenters. The minimum absolute atomic E-state index is 0.122. The van der Waals surface area contributed by atoms with Crippen LogP contribution in [0.3, 0.4) is 0 Å². The Balaban J connectivity index is 2.07. The Morgan fingerprint density at radius 2 is 2.00 bits per heavy atom. The maximum absolute atomic E-state index is 13.4. The maximum atomic E-state index is 13.4. The lowest BCUT2D eigenvalue weighted by atomic mass is 9.76. The lowest BCUT2D eigenvalue weighted by Crippen LogP contribution is -2.34. The molecular formula is C17H26FN. The summed E-state index contributed by atoms with van der Waals surface area (Å²) in [6.07, 6.45) is 3.58. The number of halogens is 1. The molecule has 1 saturated carbocycles. The number of rotatable bonds is 5. The van der Waals surface area contributed by atoms with Gasteiger partial charge < -0.3 is 5.32 Å². The normalized spacial score (nSPS) is 17.5. The van der Waals surface area contributed by atoms with E-state index in [0.29, 0.717) is 5.92 Å². The Morgan fingerprint density at radius 3 is 2.58 bits per heavy atom. The maximum Gasteiger partial charge on any atom is 0.123 e. The first-order chi connectivity index (χ1) is 8.86. The summed E-state index contributed by atoms with van der Waals surface area (Å²) in [6.45, 7) is 9.94. The topological polar surface area (TPSA) is 12.0 Å². The highest BCUT2D eigenvalue weighted by atomic mass is 19.1. The quantitative estimate of drug-likeness (QED) is 0.843. The van der Waals surface area contributed by atoms with E-state index in [4.69, 9.17) is 0 Å². The van der Waals surface area contributed by atoms with Gasteiger partial charge in [0.1, 0.15) is 5.82 Å². The van der Waals surface area contributed by atoms with Crippen LogP contribution in [0.2, 0.25) is 0 Å². The number of nitrogens with one attached hydrogen (secondary N) is 1. The molecule has 0 radical (unpaired) electrons. The van der Waals surface area contributed by atoms with Gasteiger partial charge in [-0.15, -0.1) is 0 Å². The van der Waals surface area contributed by atoms with E-state index in [-0.39, 0.29) is 11.2 Å². The van der Waals surface area contributed by atoms with Gasteiger partial charge in [-0.05, 0) is 67.3 Å². The molecular weight excluding hydrogens is 237 g/mol. The zero-order valence-corrected chi connectivity index (χ0v) is 12.6. The molecule has 1 aliphatic rings. The van der Waals surface area contributed by atoms with E-state index >= 15 is 0 Å². The number of hydrogen-bond donors (Lipinski definition) is 1. The van der Waals surface area contributed by atoms with Gasteiger partial charge in [0.2, 0.25) is 0 Å². The van der Waals surface area contributed by atoms with Crippen LogP contribution in [-0.4, -0.2) is 12.6 Å². The van der Waals surface area contributed by atoms with Crippen LogP contribution in [0.25, 0.3) is 0 Å². The van der Waals surface area contributed by atoms with Gasteiger partial charge in [0, 0.05) is 6.04 Å². The molecule has 1 atom stereocenters. The second kappa shape index (κ2) is 5.62. The van der Waals surface area contributed by atoms with Crippen molar-refractivity contribution in [1.29, 1.82) is 0 Å². The summed E-state index contributed by atoms with van der Waals surface area (Å²) in [5, 5.41) is 3.62. The summed E-state index contributed by atoms with van der Waals surface area (Å²) in [6, 6.07) is 5.87. The van der Waals surface area contributed by atoms with Crippen LogP contribution in [0.1, 0.15) is 44.7 Å². The van der Waals surface area contributed by atoms with Gasteiger partial charge in [-0.2, -0.15) is 0 Å². The number of hydrogen-bond acceptors (Lipinski definition) is 1. The van der Waals surface area contributed by atoms with Gasteiger partial charge in [0.15, 0.2) is 0 Å². The molecule has 1 nitrogen and oxygen atoms in total. The third kappa shape index (κ3) is 4.31. The molecule has 2 heteroatoms. The second-order valence-corrected chi connectivity index (χ2v) is 7.02. The predicted molar refractivity (Wildman–Crippen MR) is 78.8 cm³/mol. The third-order valence-corrected chi connectivity index (χ3v) is 4.23. The molecule has 1 aromatic rings. The Hall–Kier alpha value is -0.890. The van der Waals surface area contributed by atoms with E-state index in [2.05, 4.69) is 33.0 Å². The molecule has 0 aromatic heterocycles. The Bertz CT molecular complexity index is 429. The minimum atomic E-state index is -0.122. The highest BCUT2D eigenvalue weighted by Crippen LogP contribution is 2.31. The summed E-state index contributed by atoms with van der Waals surface area (Å²) in [5.74, 6) is 0.414. The zero-order valence-electron chi connectivity index (χ0n) is 12.6. The van der Waals surface area contributed by atoms with E-state index in [1.807, 2.05) is 6.07 Å². The average molecular weight is 263 g/mol. The average Bonchev–Trinajstić information content (AvgIpc) is 3.11. The smallest absolute Gasteiger partial charge is 0.123 e. The molecule has 1 aromatic carbocycles. The molecule has 0 aliphatic heterocycles. The molecule has 1 aliphatic carbocycles. The van der Waals surface area contributed by atoms with Gasteiger partial charge >= 0.3 is 0 Å². The first-order valence-electron chi connectivity index (χ1n) is 7.34. The Kier molecular flexibility index (Phi) is 4.29. The van der Waals surface area contributed by atoms with Crippen molar-refractivity contribution in [2.45, 2.75) is 53.0 Å². The fourth-order valence-electron chi connectivity index (χ4n) is 2.41. The van der Waals surface area contributed by atoms with Gasteiger partial charge in [-0.25, -0.2) is 4.39 Å². The molecule has 2 rings (SSSR count). The van der Waals surface area contributed by atoms with E-state index in [1.54, 1.807) is 12.1 Å². The largest absolute Gasteiger partial charge is 0.314 e. The molecule has 1 fully saturated rings. The van der Waals surface area contributed by atoms with Crippen molar-refractivity contribution >= 4 is 0 Å². The number of aryl methyl sites for hydroxylation is 1. The van der Waals surface area contributed by atoms with E-state index < -0.39 is 0 Å². The van der Waals surface area contributed by atoms with E-state index in [0.717, 1.165) is 24.6 Å². The molecule has 106 valence electrons. The summed E-state index contributed by atoms with van der Waals surface area (Å²) in [5.41, 5.74) is 2.58. The van der Waals surface area contributed by atoms with Gasteiger partial charge in [0.25, 0.3) is 0 Å². The highest BCUT2D eigenvalue weighted by Gasteiger charge is 2.28. The van der Waals surface area contributed by atoms with Crippen LogP contribution < -0.4 is 5.32 Å². The van der Waals surface area contributed by atoms with Crippen molar-refractivity contribution in [3.63, 3.8) is 0 Å². The summed E-state index contributed by atoms with van der Waals surface area (Å²) in [4.78, 5) is 0. The standard InChI is InChI=1S/C17H26FN/c1-12-5-6-15(18)10-13(12)9-14(17(2,3)4)11-19-16-7-8-16/h5-6,10,14,16,19H,7-9,11H2,1-4H3. The molecule has 0 saturated heterocycles. The zero-order chi connectivity index (χ0) is 14.0. The lowest BCUT2D eigenvalue weighted by molar-refractivity contribution is 0.230. The van der Waals surface area contributed by atoms with Crippen LogP contribution in [0, 0.1) is 24.1 Å². The molecule has 0 spiro atoms. The molecule has 1 N–H and O–H groups in total. The van der Waals surface area contributed by atoms with Crippen LogP contribution in [0.4, 0.5) is 4.39 Å². The second-order valence-electron chi connectivity index (χ2n) is 7.02. The van der Waals surface area contributed by atoms with Crippen molar-refractivity contribution < 1.29 is 4.39 Å². The van der Waals surface area contributed by atoms with Gasteiger partial charge in [-0.3, -0.25) is 0 Å². The van der Waals surface area contributed by atoms with Crippen LogP contribution in [0.5, 0.6) is 0 Å². The highest BCUT2D eigenvalue weighted by molar-refractivity contribution is 5.27. The SMILES string of the molecule is Cc1ccc(F)cc1CC(CNC1CC1)C(C)(C)C. The molecule has 0 bridgehead atoms. The van der Waals surface area contributed by atoms with Crippen LogP contribution in [-0.2, 0) is 6.42 Å². The van der Waals surface area contributed by atoms with Gasteiger partial charge in [0.05, 0.1) is 0 Å². The summed E-state index contributed by atoms with van der Waals surface area (Å²) in [7, 11) is 0. The van der Waals surface area contributed by atoms with Crippen molar-refractivity contribution in [3.8, 4) is 0 Å². The molecule has 0 heterocycles. The minimum Gasteiger partial charge on any atom is -0.314 e. The molecule has 19 heavy (non-hydrogen) atoms. The monoisotopic (exact) mass is 263 g/mol. The third-order valence-electron chi connectivity index (χ3n) is 4.23. The lowest BCUT2D eigenvalue weighted by Gasteiger charge is -2.31. The first-order valence-corrected chi connectivity index (χ1v) is 7.34. The molecule has 0 amide bonds. The van der Waals surface area contributed by atoms with Crippen LogP contribution >= 0.6 is 0 Å². The number of benzene rings is 1. The fraction of sp³-hybridized carbons (Fsp3) is 0.647. The van der Waals surface area contributed by atoms with E-state index in [9.17, 15) is 4.39 Å². The summed E-state index contributed by atoms with van der Waals surface area (Å²) >= 11 is 0. The van der Waals surface area contributed by atoms with E-state index in [1.165, 1.54) is 18.4 Å². The van der Waals surface area contributed by atoms with Crippen LogP contribution in [0.15, 0.2) is 18.2 Å². The first kappa shape index (κ1) is 14.5. The predicted octanol–water partition coefficient (Wildman–Crippen LogP) is 4.09. The van der Waals surface area contributed by atoms with Crippen molar-refractivity contribution in [3.05, 3.63) is 35.1 Å². The van der Waals surface area contributed by atoms with Gasteiger partial charge in [-0.1, -0.05) is 26.8 Å². The van der Waals surface area contributed by atoms with Crippen molar-refractivity contribution in [2.24, 2.45) is 11.3 Å². The van der Waals surface area contributed by atoms with Crippen molar-refractivity contribution in [1.82, 2.24) is 5.32 Å². The summed E-state index contributed by atoms with van der Waals surface area (Å²) < 4.78 is 13.4.